The highest BCUT2D eigenvalue weighted by Crippen LogP contribution is 2.30. The van der Waals surface area contributed by atoms with Crippen LogP contribution in [0.4, 0.5) is 0 Å². The summed E-state index contributed by atoms with van der Waals surface area (Å²) < 4.78 is 18.7. The largest absolute Gasteiger partial charge is 0.492 e. The summed E-state index contributed by atoms with van der Waals surface area (Å²) in [5.74, 6) is 2.45. The molecule has 0 saturated carbocycles. The Labute approximate surface area is 210 Å². The molecule has 0 fully saturated rings. The molecule has 5 aromatic rings. The maximum absolute atomic E-state index is 5.86. The third-order valence-corrected chi connectivity index (χ3v) is 6.00. The molecule has 0 saturated heterocycles. The number of fused-ring (bicyclic) bond motifs is 2. The topological polar surface area (TPSA) is 61.6 Å². The molecule has 2 aromatic heterocycles. The van der Waals surface area contributed by atoms with Crippen molar-refractivity contribution in [2.24, 2.45) is 0 Å². The maximum Gasteiger partial charge on any atom is 0.139 e. The van der Waals surface area contributed by atoms with Gasteiger partial charge >= 0.3 is 0 Å². The van der Waals surface area contributed by atoms with Crippen LogP contribution >= 0.6 is 0 Å². The van der Waals surface area contributed by atoms with Gasteiger partial charge in [-0.3, -0.25) is 4.57 Å². The van der Waals surface area contributed by atoms with Crippen molar-refractivity contribution in [1.82, 2.24) is 19.4 Å². The molecule has 3 aromatic carbocycles. The standard InChI is InChI=1S/C29H30N4O3/c1-32(2)15-16-35-23-10-7-21(8-11-23)25-6-4-5-22-9-14-28(31-29(22)25)33-20-30-26-19-24(12-13-27(26)33)36-18-17-34-3/h4-14,19-20H,15-18H2,1-3H3. The molecule has 2 heterocycles. The van der Waals surface area contributed by atoms with E-state index in [1.807, 2.05) is 55.1 Å². The average Bonchev–Trinajstić information content (AvgIpc) is 3.32. The summed E-state index contributed by atoms with van der Waals surface area (Å²) in [7, 11) is 5.74. The van der Waals surface area contributed by atoms with Crippen LogP contribution in [0.15, 0.2) is 79.1 Å². The number of aromatic nitrogens is 3. The van der Waals surface area contributed by atoms with Crippen molar-refractivity contribution in [3.05, 3.63) is 79.1 Å². The second kappa shape index (κ2) is 10.8. The van der Waals surface area contributed by atoms with Gasteiger partial charge in [0, 0.05) is 30.7 Å². The lowest BCUT2D eigenvalue weighted by Crippen LogP contribution is -2.19. The Morgan fingerprint density at radius 1 is 0.833 bits per heavy atom. The van der Waals surface area contributed by atoms with Gasteiger partial charge in [0.05, 0.1) is 23.2 Å². The molecule has 184 valence electrons. The van der Waals surface area contributed by atoms with E-state index < -0.39 is 0 Å². The first-order valence-corrected chi connectivity index (χ1v) is 12.0. The Morgan fingerprint density at radius 3 is 2.44 bits per heavy atom. The van der Waals surface area contributed by atoms with Crippen LogP contribution in [-0.2, 0) is 4.74 Å². The number of likely N-dealkylation sites (N-methyl/N-ethyl adjacent to an activating group) is 1. The highest BCUT2D eigenvalue weighted by atomic mass is 16.5. The smallest absolute Gasteiger partial charge is 0.139 e. The molecule has 0 spiro atoms. The molecule has 0 aliphatic heterocycles. The van der Waals surface area contributed by atoms with E-state index in [2.05, 4.69) is 46.3 Å². The molecular weight excluding hydrogens is 452 g/mol. The van der Waals surface area contributed by atoms with Crippen LogP contribution in [0, 0.1) is 0 Å². The number of hydrogen-bond donors (Lipinski definition) is 0. The summed E-state index contributed by atoms with van der Waals surface area (Å²) in [4.78, 5) is 11.7. The number of rotatable bonds is 10. The van der Waals surface area contributed by atoms with Gasteiger partial charge in [0.25, 0.3) is 0 Å². The Balaban J connectivity index is 1.44. The second-order valence-corrected chi connectivity index (χ2v) is 8.83. The summed E-state index contributed by atoms with van der Waals surface area (Å²) in [5, 5.41) is 1.08. The molecule has 0 bridgehead atoms. The van der Waals surface area contributed by atoms with Gasteiger partial charge in [0.2, 0.25) is 0 Å². The van der Waals surface area contributed by atoms with Crippen molar-refractivity contribution in [1.29, 1.82) is 0 Å². The Morgan fingerprint density at radius 2 is 1.64 bits per heavy atom. The quantitative estimate of drug-likeness (QED) is 0.255. The minimum Gasteiger partial charge on any atom is -0.492 e. The number of imidazole rings is 1. The fourth-order valence-corrected chi connectivity index (χ4v) is 4.09. The number of pyridine rings is 1. The zero-order chi connectivity index (χ0) is 24.9. The molecule has 0 aliphatic rings. The van der Waals surface area contributed by atoms with E-state index >= 15 is 0 Å². The second-order valence-electron chi connectivity index (χ2n) is 8.83. The van der Waals surface area contributed by atoms with Crippen LogP contribution in [0.5, 0.6) is 11.5 Å². The Hall–Kier alpha value is -3.94. The molecule has 36 heavy (non-hydrogen) atoms. The van der Waals surface area contributed by atoms with Crippen molar-refractivity contribution in [2.75, 3.05) is 47.6 Å². The molecule has 0 unspecified atom stereocenters. The molecule has 5 rings (SSSR count). The lowest BCUT2D eigenvalue weighted by molar-refractivity contribution is 0.146. The number of para-hydroxylation sites is 1. The van der Waals surface area contributed by atoms with Gasteiger partial charge in [-0.15, -0.1) is 0 Å². The Kier molecular flexibility index (Phi) is 7.11. The van der Waals surface area contributed by atoms with Crippen molar-refractivity contribution in [2.45, 2.75) is 0 Å². The SMILES string of the molecule is COCCOc1ccc2c(c1)ncn2-c1ccc2cccc(-c3ccc(OCCN(C)C)cc3)c2n1. The average molecular weight is 483 g/mol. The first-order valence-electron chi connectivity index (χ1n) is 12.0. The monoisotopic (exact) mass is 482 g/mol. The van der Waals surface area contributed by atoms with Crippen molar-refractivity contribution in [3.8, 4) is 28.4 Å². The van der Waals surface area contributed by atoms with Crippen LogP contribution < -0.4 is 9.47 Å². The van der Waals surface area contributed by atoms with Gasteiger partial charge in [0.15, 0.2) is 0 Å². The summed E-state index contributed by atoms with van der Waals surface area (Å²) in [6, 6.07) is 24.5. The predicted octanol–water partition coefficient (Wildman–Crippen LogP) is 5.21. The van der Waals surface area contributed by atoms with Gasteiger partial charge in [-0.1, -0.05) is 30.3 Å². The fourth-order valence-electron chi connectivity index (χ4n) is 4.09. The Bertz CT molecular complexity index is 1460. The summed E-state index contributed by atoms with van der Waals surface area (Å²) in [6.45, 7) is 2.58. The third kappa shape index (κ3) is 5.17. The van der Waals surface area contributed by atoms with Gasteiger partial charge in [-0.05, 0) is 56.1 Å². The van der Waals surface area contributed by atoms with Crippen LogP contribution in [0.1, 0.15) is 0 Å². The normalized spacial score (nSPS) is 11.4. The number of benzene rings is 3. The van der Waals surface area contributed by atoms with E-state index in [0.717, 1.165) is 56.9 Å². The van der Waals surface area contributed by atoms with Crippen LogP contribution in [0.25, 0.3) is 38.9 Å². The van der Waals surface area contributed by atoms with Crippen LogP contribution in [0.3, 0.4) is 0 Å². The molecule has 0 atom stereocenters. The van der Waals surface area contributed by atoms with Crippen LogP contribution in [-0.4, -0.2) is 67.0 Å². The van der Waals surface area contributed by atoms with E-state index in [0.29, 0.717) is 19.8 Å². The minimum atomic E-state index is 0.501. The lowest BCUT2D eigenvalue weighted by atomic mass is 10.0. The van der Waals surface area contributed by atoms with Crippen molar-refractivity contribution < 1.29 is 14.2 Å². The van der Waals surface area contributed by atoms with Gasteiger partial charge in [-0.2, -0.15) is 0 Å². The molecule has 7 heteroatoms. The van der Waals surface area contributed by atoms with Gasteiger partial charge < -0.3 is 19.1 Å². The molecule has 0 amide bonds. The molecule has 7 nitrogen and oxygen atoms in total. The zero-order valence-corrected chi connectivity index (χ0v) is 20.8. The predicted molar refractivity (Wildman–Crippen MR) is 143 cm³/mol. The zero-order valence-electron chi connectivity index (χ0n) is 20.8. The number of nitrogens with zero attached hydrogens (tertiary/aromatic N) is 4. The molecular formula is C29H30N4O3. The summed E-state index contributed by atoms with van der Waals surface area (Å²) >= 11 is 0. The van der Waals surface area contributed by atoms with Crippen LogP contribution in [0.2, 0.25) is 0 Å². The number of methoxy groups -OCH3 is 1. The van der Waals surface area contributed by atoms with E-state index in [9.17, 15) is 0 Å². The number of ether oxygens (including phenoxy) is 3. The molecule has 0 radical (unpaired) electrons. The van der Waals surface area contributed by atoms with Gasteiger partial charge in [-0.25, -0.2) is 9.97 Å². The maximum atomic E-state index is 5.86. The third-order valence-electron chi connectivity index (χ3n) is 6.00. The highest BCUT2D eigenvalue weighted by molar-refractivity contribution is 5.94. The summed E-state index contributed by atoms with van der Waals surface area (Å²) in [6.07, 6.45) is 1.81. The van der Waals surface area contributed by atoms with E-state index in [1.165, 1.54) is 0 Å². The first-order chi connectivity index (χ1) is 17.6. The molecule has 0 N–H and O–H groups in total. The molecule has 0 aliphatic carbocycles. The first kappa shape index (κ1) is 23.8. The lowest BCUT2D eigenvalue weighted by Gasteiger charge is -2.12. The van der Waals surface area contributed by atoms with Crippen molar-refractivity contribution >= 4 is 21.9 Å². The highest BCUT2D eigenvalue weighted by Gasteiger charge is 2.11. The van der Waals surface area contributed by atoms with E-state index in [-0.39, 0.29) is 0 Å². The number of hydrogen-bond acceptors (Lipinski definition) is 6. The fraction of sp³-hybridized carbons (Fsp3) is 0.241. The van der Waals surface area contributed by atoms with Gasteiger partial charge in [0.1, 0.15) is 36.9 Å². The van der Waals surface area contributed by atoms with Crippen molar-refractivity contribution in [3.63, 3.8) is 0 Å². The summed E-state index contributed by atoms with van der Waals surface area (Å²) in [5.41, 5.74) is 4.94. The minimum absolute atomic E-state index is 0.501. The van der Waals surface area contributed by atoms with E-state index in [1.54, 1.807) is 13.4 Å². The van der Waals surface area contributed by atoms with E-state index in [4.69, 9.17) is 19.2 Å².